The molecule has 0 aliphatic carbocycles. The van der Waals surface area contributed by atoms with Gasteiger partial charge in [-0.3, -0.25) is 24.2 Å². The molecule has 292 valence electrons. The largest absolute Gasteiger partial charge is 0.494 e. The molecule has 0 radical (unpaired) electrons. The number of hydrogen-bond donors (Lipinski definition) is 1. The zero-order valence-electron chi connectivity index (χ0n) is 33.2. The van der Waals surface area contributed by atoms with Crippen LogP contribution in [0.5, 0.6) is 5.75 Å². The van der Waals surface area contributed by atoms with Crippen LogP contribution < -0.4 is 15.0 Å². The number of carbonyl (C=O) groups is 2. The van der Waals surface area contributed by atoms with Gasteiger partial charge in [-0.05, 0) is 112 Å². The zero-order valence-corrected chi connectivity index (χ0v) is 34.7. The minimum Gasteiger partial charge on any atom is -0.494 e. The number of pyridine rings is 1. The Morgan fingerprint density at radius 3 is 2.40 bits per heavy atom. The highest BCUT2D eigenvalue weighted by Crippen LogP contribution is 2.46. The molecule has 0 fully saturated rings. The van der Waals surface area contributed by atoms with Gasteiger partial charge in [0.2, 0.25) is 0 Å². The van der Waals surface area contributed by atoms with Gasteiger partial charge in [0, 0.05) is 82.9 Å². The van der Waals surface area contributed by atoms with E-state index in [9.17, 15) is 4.79 Å². The van der Waals surface area contributed by atoms with Crippen LogP contribution in [0, 0.1) is 27.7 Å². The smallest absolute Gasteiger partial charge is 0.276 e. The van der Waals surface area contributed by atoms with E-state index >= 15 is 4.79 Å². The number of carbonyl (C=O) groups excluding carboxylic acids is 2. The number of halogens is 2. The van der Waals surface area contributed by atoms with Crippen molar-refractivity contribution in [1.29, 1.82) is 0 Å². The second kappa shape index (κ2) is 15.1. The van der Waals surface area contributed by atoms with E-state index in [1.807, 2.05) is 92.8 Å². The van der Waals surface area contributed by atoms with Crippen molar-refractivity contribution in [3.8, 4) is 16.9 Å². The van der Waals surface area contributed by atoms with E-state index in [1.165, 1.54) is 0 Å². The summed E-state index contributed by atoms with van der Waals surface area (Å²) in [6, 6.07) is 19.2. The molecule has 2 amide bonds. The van der Waals surface area contributed by atoms with E-state index in [2.05, 4.69) is 46.9 Å². The van der Waals surface area contributed by atoms with Gasteiger partial charge in [0.1, 0.15) is 16.9 Å². The maximum absolute atomic E-state index is 15.3. The van der Waals surface area contributed by atoms with Crippen LogP contribution in [0.4, 0.5) is 5.69 Å². The molecule has 8 rings (SSSR count). The van der Waals surface area contributed by atoms with Crippen molar-refractivity contribution >= 4 is 62.5 Å². The third-order valence-electron chi connectivity index (χ3n) is 11.3. The number of fused-ring (bicyclic) bond motifs is 4. The summed E-state index contributed by atoms with van der Waals surface area (Å²) in [5.41, 5.74) is 10.7. The highest BCUT2D eigenvalue weighted by molar-refractivity contribution is 6.32. The minimum absolute atomic E-state index is 0.199. The molecule has 4 aromatic heterocycles. The normalized spacial score (nSPS) is 15.5. The molecule has 0 spiro atoms. The summed E-state index contributed by atoms with van der Waals surface area (Å²) in [5, 5.41) is 10.3. The van der Waals surface area contributed by atoms with Gasteiger partial charge in [-0.1, -0.05) is 41.4 Å². The van der Waals surface area contributed by atoms with Crippen LogP contribution in [0.25, 0.3) is 32.9 Å². The fourth-order valence-corrected chi connectivity index (χ4v) is 8.83. The molecule has 1 aliphatic heterocycles. The lowest BCUT2D eigenvalue weighted by molar-refractivity contribution is 0.0944. The highest BCUT2D eigenvalue weighted by atomic mass is 35.5. The Balaban J connectivity index is 1.21. The molecule has 0 saturated carbocycles. The number of para-hydroxylation sites is 1. The van der Waals surface area contributed by atoms with E-state index < -0.39 is 5.50 Å². The standard InChI is InChI=1S/C45H45Cl2N7O3/c1-25-20-32(21-26(2)40(25)46)57-19-9-12-34-33-10-8-11-35(39-27(3)50-52(7)28(39)4)41(33)53-29(5)43(47)54(45(56)42(34)53)38-24-51(6)37-14-13-31(22-36(37)38)44(55)49-23-30-15-17-48-18-16-30/h8,10-11,13-18,20-22,24,29,43H,9,12,19,23H2,1-7H3,(H,49,55)/t29-,43?/m1/s1. The molecule has 1 unspecified atom stereocenters. The molecular formula is C45H45Cl2N7O3. The van der Waals surface area contributed by atoms with Crippen molar-refractivity contribution in [3.63, 3.8) is 0 Å². The van der Waals surface area contributed by atoms with Crippen molar-refractivity contribution in [1.82, 2.24) is 29.2 Å². The van der Waals surface area contributed by atoms with Crippen molar-refractivity contribution < 1.29 is 14.3 Å². The summed E-state index contributed by atoms with van der Waals surface area (Å²) in [7, 11) is 3.89. The van der Waals surface area contributed by atoms with Crippen LogP contribution in [0.15, 0.2) is 79.3 Å². The summed E-state index contributed by atoms with van der Waals surface area (Å²) >= 11 is 13.9. The first-order chi connectivity index (χ1) is 27.3. The summed E-state index contributed by atoms with van der Waals surface area (Å²) in [4.78, 5) is 34.5. The van der Waals surface area contributed by atoms with E-state index in [4.69, 9.17) is 33.0 Å². The van der Waals surface area contributed by atoms with E-state index in [-0.39, 0.29) is 17.9 Å². The summed E-state index contributed by atoms with van der Waals surface area (Å²) < 4.78 is 12.3. The van der Waals surface area contributed by atoms with Gasteiger partial charge in [-0.15, -0.1) is 0 Å². The van der Waals surface area contributed by atoms with Crippen LogP contribution in [0.1, 0.15) is 73.9 Å². The number of hydrogen-bond acceptors (Lipinski definition) is 5. The third kappa shape index (κ3) is 6.64. The topological polar surface area (TPSA) is 99.2 Å². The lowest BCUT2D eigenvalue weighted by Crippen LogP contribution is -2.47. The first-order valence-corrected chi connectivity index (χ1v) is 20.0. The molecule has 1 N–H and O–H groups in total. The average molecular weight is 803 g/mol. The SMILES string of the molecule is Cc1cc(OCCCc2c3n(c4c(-c5c(C)nn(C)c5C)cccc24)[C@H](C)C(Cl)N(c2cn(C)c4ccc(C(=O)NCc5ccncc5)cc24)C3=O)cc(C)c1Cl. The number of nitrogens with zero attached hydrogens (tertiary/aromatic N) is 6. The van der Waals surface area contributed by atoms with E-state index in [0.29, 0.717) is 42.9 Å². The van der Waals surface area contributed by atoms with Gasteiger partial charge in [-0.2, -0.15) is 5.10 Å². The molecule has 0 bridgehead atoms. The van der Waals surface area contributed by atoms with Crippen molar-refractivity contribution in [2.75, 3.05) is 11.5 Å². The number of amides is 2. The summed E-state index contributed by atoms with van der Waals surface area (Å²) in [6.45, 7) is 10.9. The molecule has 12 heteroatoms. The quantitative estimate of drug-likeness (QED) is 0.0844. The third-order valence-corrected chi connectivity index (χ3v) is 12.5. The van der Waals surface area contributed by atoms with Crippen LogP contribution >= 0.6 is 23.2 Å². The second-order valence-electron chi connectivity index (χ2n) is 15.1. The summed E-state index contributed by atoms with van der Waals surface area (Å²) in [5.74, 6) is 0.353. The first-order valence-electron chi connectivity index (χ1n) is 19.1. The second-order valence-corrected chi connectivity index (χ2v) is 15.9. The number of benzene rings is 3. The van der Waals surface area contributed by atoms with Crippen LogP contribution in [0.3, 0.4) is 0 Å². The van der Waals surface area contributed by atoms with Gasteiger partial charge < -0.3 is 19.2 Å². The number of aryl methyl sites for hydroxylation is 6. The van der Waals surface area contributed by atoms with Crippen LogP contribution in [-0.2, 0) is 27.1 Å². The monoisotopic (exact) mass is 801 g/mol. The van der Waals surface area contributed by atoms with E-state index in [1.54, 1.807) is 17.3 Å². The number of rotatable bonds is 10. The van der Waals surface area contributed by atoms with Crippen molar-refractivity contribution in [3.05, 3.63) is 129 Å². The van der Waals surface area contributed by atoms with Crippen molar-refractivity contribution in [2.45, 2.75) is 65.5 Å². The van der Waals surface area contributed by atoms with Gasteiger partial charge in [-0.25, -0.2) is 0 Å². The Hall–Kier alpha value is -5.58. The Morgan fingerprint density at radius 2 is 1.70 bits per heavy atom. The van der Waals surface area contributed by atoms with Crippen LogP contribution in [0.2, 0.25) is 5.02 Å². The molecule has 10 nitrogen and oxygen atoms in total. The van der Waals surface area contributed by atoms with Gasteiger partial charge >= 0.3 is 0 Å². The first kappa shape index (κ1) is 38.3. The molecule has 2 atom stereocenters. The van der Waals surface area contributed by atoms with E-state index in [0.717, 1.165) is 77.3 Å². The fraction of sp³-hybridized carbons (Fsp3) is 0.289. The summed E-state index contributed by atoms with van der Waals surface area (Å²) in [6.07, 6.45) is 6.59. The van der Waals surface area contributed by atoms with Crippen LogP contribution in [-0.4, -0.2) is 47.8 Å². The molecule has 7 aromatic rings. The molecular weight excluding hydrogens is 757 g/mol. The average Bonchev–Trinajstić information content (AvgIpc) is 3.80. The fourth-order valence-electron chi connectivity index (χ4n) is 8.41. The Bertz CT molecular complexity index is 2690. The number of nitrogens with one attached hydrogen (secondary N) is 1. The molecule has 1 aliphatic rings. The maximum atomic E-state index is 15.3. The highest BCUT2D eigenvalue weighted by Gasteiger charge is 2.42. The lowest BCUT2D eigenvalue weighted by Gasteiger charge is -2.38. The lowest BCUT2D eigenvalue weighted by atomic mass is 9.98. The molecule has 3 aromatic carbocycles. The molecule has 57 heavy (non-hydrogen) atoms. The number of alkyl halides is 1. The molecule has 0 saturated heterocycles. The van der Waals surface area contributed by atoms with Crippen molar-refractivity contribution in [2.24, 2.45) is 14.1 Å². The minimum atomic E-state index is -0.743. The Labute approximate surface area is 342 Å². The molecule has 5 heterocycles. The Kier molecular flexibility index (Phi) is 10.1. The maximum Gasteiger partial charge on any atom is 0.276 e. The Morgan fingerprint density at radius 1 is 0.965 bits per heavy atom. The number of anilines is 1. The van der Waals surface area contributed by atoms with Gasteiger partial charge in [0.15, 0.2) is 0 Å². The van der Waals surface area contributed by atoms with Gasteiger partial charge in [0.05, 0.1) is 29.5 Å². The zero-order chi connectivity index (χ0) is 40.3. The number of ether oxygens (including phenoxy) is 1. The van der Waals surface area contributed by atoms with Gasteiger partial charge in [0.25, 0.3) is 11.8 Å². The predicted molar refractivity (Wildman–Crippen MR) is 228 cm³/mol. The number of aromatic nitrogens is 5. The predicted octanol–water partition coefficient (Wildman–Crippen LogP) is 9.54.